The van der Waals surface area contributed by atoms with Crippen LogP contribution in [0.15, 0.2) is 83.9 Å². The van der Waals surface area contributed by atoms with Gasteiger partial charge in [0.2, 0.25) is 23.6 Å². The van der Waals surface area contributed by atoms with E-state index >= 15 is 0 Å². The number of carbonyl (C=O) groups is 5. The molecule has 0 aliphatic rings. The average molecular weight is 617 g/mol. The Morgan fingerprint density at radius 2 is 1.61 bits per heavy atom. The molecule has 0 saturated carbocycles. The number of aliphatic imine (C=N–C) groups is 1. The number of nitrogens with zero attached hydrogens (tertiary/aromatic N) is 2. The van der Waals surface area contributed by atoms with Crippen LogP contribution in [0.25, 0.3) is 10.2 Å². The fraction of sp³-hybridized carbons (Fsp3) is 0.167. The third-order valence-corrected chi connectivity index (χ3v) is 6.98. The number of benzene rings is 3. The molecule has 4 rings (SSSR count). The Morgan fingerprint density at radius 1 is 0.909 bits per heavy atom. The SMILES string of the molecule is CC(=O)NCC(=O)NC(Cc1ccc(N=C(NC(=O)O)NC(=O)OCc2ccccc2)cc1)C(=O)c1nc2ccccc2s1. The first-order valence-corrected chi connectivity index (χ1v) is 14.1. The predicted octanol–water partition coefficient (Wildman–Crippen LogP) is 3.52. The van der Waals surface area contributed by atoms with Gasteiger partial charge in [-0.2, -0.15) is 0 Å². The van der Waals surface area contributed by atoms with E-state index in [1.807, 2.05) is 29.6 Å². The highest BCUT2D eigenvalue weighted by atomic mass is 32.1. The van der Waals surface area contributed by atoms with Crippen LogP contribution < -0.4 is 21.3 Å². The number of fused-ring (bicyclic) bond motifs is 1. The van der Waals surface area contributed by atoms with Crippen molar-refractivity contribution in [2.45, 2.75) is 26.0 Å². The number of rotatable bonds is 10. The zero-order valence-electron chi connectivity index (χ0n) is 23.4. The van der Waals surface area contributed by atoms with Crippen LogP contribution in [0.1, 0.15) is 27.9 Å². The lowest BCUT2D eigenvalue weighted by Gasteiger charge is -2.17. The van der Waals surface area contributed by atoms with Crippen LogP contribution in [0.2, 0.25) is 0 Å². The van der Waals surface area contributed by atoms with Crippen molar-refractivity contribution in [2.24, 2.45) is 4.99 Å². The van der Waals surface area contributed by atoms with Gasteiger partial charge in [0.05, 0.1) is 28.5 Å². The van der Waals surface area contributed by atoms with E-state index in [1.54, 1.807) is 54.6 Å². The third-order valence-electron chi connectivity index (χ3n) is 5.93. The smallest absolute Gasteiger partial charge is 0.414 e. The molecule has 0 saturated heterocycles. The van der Waals surface area contributed by atoms with E-state index < -0.39 is 29.9 Å². The lowest BCUT2D eigenvalue weighted by molar-refractivity contribution is -0.125. The number of hydrogen-bond acceptors (Lipinski definition) is 9. The molecule has 1 aromatic heterocycles. The standard InChI is InChI=1S/C30H28N6O7S/c1-18(37)31-16-25(38)33-23(26(39)27-34-22-9-5-6-10-24(22)44-27)15-19-11-13-21(14-12-19)32-28(35-29(40)41)36-30(42)43-17-20-7-3-2-4-8-20/h2-14,23H,15-17H2,1H3,(H,31,37)(H,33,38)(H,40,41)(H2,32,35,36,42). The van der Waals surface area contributed by atoms with Gasteiger partial charge < -0.3 is 20.5 Å². The minimum Gasteiger partial charge on any atom is -0.465 e. The second-order valence-electron chi connectivity index (χ2n) is 9.33. The van der Waals surface area contributed by atoms with E-state index in [2.05, 4.69) is 25.9 Å². The van der Waals surface area contributed by atoms with Crippen LogP contribution in [0.4, 0.5) is 15.3 Å². The minimum atomic E-state index is -1.45. The number of Topliss-reactive ketones (excluding diaryl/α,β-unsaturated/α-hetero) is 1. The topological polar surface area (TPSA) is 188 Å². The van der Waals surface area contributed by atoms with Crippen molar-refractivity contribution >= 4 is 63.0 Å². The van der Waals surface area contributed by atoms with Crippen molar-refractivity contribution in [3.8, 4) is 0 Å². The summed E-state index contributed by atoms with van der Waals surface area (Å²) in [6.07, 6.45) is -2.27. The molecule has 0 bridgehead atoms. The Kier molecular flexibility index (Phi) is 10.7. The molecule has 0 fully saturated rings. The quantitative estimate of drug-likeness (QED) is 0.102. The molecule has 0 aliphatic carbocycles. The average Bonchev–Trinajstić information content (AvgIpc) is 3.44. The number of nitrogens with one attached hydrogen (secondary N) is 4. The van der Waals surface area contributed by atoms with Gasteiger partial charge in [-0.25, -0.2) is 19.6 Å². The summed E-state index contributed by atoms with van der Waals surface area (Å²) in [5.74, 6) is -1.70. The zero-order valence-corrected chi connectivity index (χ0v) is 24.2. The maximum atomic E-state index is 13.5. The maximum Gasteiger partial charge on any atom is 0.414 e. The molecule has 0 aliphatic heterocycles. The fourth-order valence-electron chi connectivity index (χ4n) is 3.90. The van der Waals surface area contributed by atoms with E-state index in [-0.39, 0.29) is 42.1 Å². The van der Waals surface area contributed by atoms with Crippen LogP contribution in [0, 0.1) is 0 Å². The largest absolute Gasteiger partial charge is 0.465 e. The zero-order chi connectivity index (χ0) is 31.5. The monoisotopic (exact) mass is 616 g/mol. The summed E-state index contributed by atoms with van der Waals surface area (Å²) in [6.45, 7) is 0.953. The van der Waals surface area contributed by atoms with Crippen molar-refractivity contribution in [1.82, 2.24) is 26.3 Å². The number of carbonyl (C=O) groups excluding carboxylic acids is 4. The van der Waals surface area contributed by atoms with E-state index in [9.17, 15) is 29.1 Å². The van der Waals surface area contributed by atoms with Gasteiger partial charge in [0.15, 0.2) is 5.01 Å². The van der Waals surface area contributed by atoms with Gasteiger partial charge in [-0.1, -0.05) is 54.6 Å². The summed E-state index contributed by atoms with van der Waals surface area (Å²) < 4.78 is 5.95. The summed E-state index contributed by atoms with van der Waals surface area (Å²) in [5, 5.41) is 18.8. The highest BCUT2D eigenvalue weighted by molar-refractivity contribution is 7.20. The molecule has 1 unspecified atom stereocenters. The van der Waals surface area contributed by atoms with Crippen LogP contribution >= 0.6 is 11.3 Å². The lowest BCUT2D eigenvalue weighted by Crippen LogP contribution is -2.46. The van der Waals surface area contributed by atoms with Crippen molar-refractivity contribution in [3.05, 3.63) is 95.0 Å². The van der Waals surface area contributed by atoms with Gasteiger partial charge in [-0.05, 0) is 35.4 Å². The molecule has 5 N–H and O–H groups in total. The Hall–Kier alpha value is -5.63. The number of amides is 4. The van der Waals surface area contributed by atoms with Gasteiger partial charge >= 0.3 is 12.2 Å². The summed E-state index contributed by atoms with van der Waals surface area (Å²) in [6, 6.07) is 21.6. The summed E-state index contributed by atoms with van der Waals surface area (Å²) >= 11 is 1.21. The van der Waals surface area contributed by atoms with E-state index in [4.69, 9.17) is 4.74 Å². The van der Waals surface area contributed by atoms with Gasteiger partial charge in [-0.15, -0.1) is 11.3 Å². The molecule has 3 aromatic carbocycles. The molecule has 13 nitrogen and oxygen atoms in total. The fourth-order valence-corrected chi connectivity index (χ4v) is 4.86. The van der Waals surface area contributed by atoms with Crippen LogP contribution in [0.3, 0.4) is 0 Å². The van der Waals surface area contributed by atoms with Crippen LogP contribution in [-0.2, 0) is 27.4 Å². The van der Waals surface area contributed by atoms with Crippen LogP contribution in [-0.4, -0.2) is 58.4 Å². The first-order valence-electron chi connectivity index (χ1n) is 13.2. The third kappa shape index (κ3) is 9.46. The number of alkyl carbamates (subject to hydrolysis) is 1. The number of carboxylic acid groups (broad SMARTS) is 1. The number of aromatic nitrogens is 1. The van der Waals surface area contributed by atoms with Crippen LogP contribution in [0.5, 0.6) is 0 Å². The number of ether oxygens (including phenoxy) is 1. The number of guanidine groups is 1. The van der Waals surface area contributed by atoms with Crippen molar-refractivity contribution in [2.75, 3.05) is 6.54 Å². The predicted molar refractivity (Wildman–Crippen MR) is 163 cm³/mol. The van der Waals surface area contributed by atoms with E-state index in [0.29, 0.717) is 11.1 Å². The Bertz CT molecular complexity index is 1660. The van der Waals surface area contributed by atoms with E-state index in [1.165, 1.54) is 18.3 Å². The molecular weight excluding hydrogens is 588 g/mol. The number of para-hydroxylation sites is 1. The molecule has 1 heterocycles. The van der Waals surface area contributed by atoms with Crippen molar-refractivity contribution in [3.63, 3.8) is 0 Å². The normalized spacial score (nSPS) is 11.7. The molecule has 4 amide bonds. The van der Waals surface area contributed by atoms with Crippen molar-refractivity contribution in [1.29, 1.82) is 0 Å². The summed E-state index contributed by atoms with van der Waals surface area (Å²) in [4.78, 5) is 69.3. The maximum absolute atomic E-state index is 13.5. The lowest BCUT2D eigenvalue weighted by atomic mass is 10.0. The number of hydrogen-bond donors (Lipinski definition) is 5. The molecular formula is C30H28N6O7S. The number of ketones is 1. The molecule has 4 aromatic rings. The molecule has 0 spiro atoms. The molecule has 0 radical (unpaired) electrons. The highest BCUT2D eigenvalue weighted by Crippen LogP contribution is 2.23. The van der Waals surface area contributed by atoms with E-state index in [0.717, 1.165) is 10.3 Å². The summed E-state index contributed by atoms with van der Waals surface area (Å²) in [5.41, 5.74) is 2.33. The Balaban J connectivity index is 1.47. The van der Waals surface area contributed by atoms with Gasteiger partial charge in [0, 0.05) is 13.3 Å². The van der Waals surface area contributed by atoms with Gasteiger partial charge in [0.1, 0.15) is 6.61 Å². The molecule has 1 atom stereocenters. The highest BCUT2D eigenvalue weighted by Gasteiger charge is 2.25. The molecule has 44 heavy (non-hydrogen) atoms. The molecule has 14 heteroatoms. The summed E-state index contributed by atoms with van der Waals surface area (Å²) in [7, 11) is 0. The Morgan fingerprint density at radius 3 is 2.30 bits per heavy atom. The first kappa shape index (κ1) is 31.3. The Labute approximate surface area is 255 Å². The second-order valence-corrected chi connectivity index (χ2v) is 10.4. The van der Waals surface area contributed by atoms with Crippen molar-refractivity contribution < 1.29 is 33.8 Å². The minimum absolute atomic E-state index is 0.0278. The molecule has 226 valence electrons. The van der Waals surface area contributed by atoms with Gasteiger partial charge in [-0.3, -0.25) is 25.0 Å². The second kappa shape index (κ2) is 15.0. The van der Waals surface area contributed by atoms with Gasteiger partial charge in [0.25, 0.3) is 0 Å². The first-order chi connectivity index (χ1) is 21.2. The number of thiazole rings is 1.